The Morgan fingerprint density at radius 1 is 1.06 bits per heavy atom. The Morgan fingerprint density at radius 2 is 1.81 bits per heavy atom. The number of carbonyl (C=O) groups excluding carboxylic acids is 1. The van der Waals surface area contributed by atoms with E-state index in [0.29, 0.717) is 45.4 Å². The van der Waals surface area contributed by atoms with Gasteiger partial charge < -0.3 is 14.2 Å². The van der Waals surface area contributed by atoms with E-state index in [1.165, 1.54) is 0 Å². The lowest BCUT2D eigenvalue weighted by atomic mass is 9.85. The molecular weight excluding hydrogens is 474 g/mol. The molecule has 1 atom stereocenters. The van der Waals surface area contributed by atoms with Crippen LogP contribution in [0.15, 0.2) is 59.5 Å². The van der Waals surface area contributed by atoms with E-state index in [4.69, 9.17) is 4.74 Å². The van der Waals surface area contributed by atoms with Gasteiger partial charge in [0.1, 0.15) is 0 Å². The fraction of sp³-hybridized carbons (Fsp3) is 0.464. The molecule has 2 heterocycles. The second-order valence-corrected chi connectivity index (χ2v) is 11.7. The summed E-state index contributed by atoms with van der Waals surface area (Å²) in [6.07, 6.45) is 2.74. The number of amides is 1. The first-order valence-electron chi connectivity index (χ1n) is 13.0. The second kappa shape index (κ2) is 10.4. The molecule has 36 heavy (non-hydrogen) atoms. The van der Waals surface area contributed by atoms with Gasteiger partial charge in [-0.15, -0.1) is 0 Å². The third kappa shape index (κ3) is 4.94. The number of hydrogen-bond donors (Lipinski definition) is 1. The molecule has 0 unspecified atom stereocenters. The van der Waals surface area contributed by atoms with Crippen molar-refractivity contribution >= 4 is 26.8 Å². The molecule has 2 aromatic carbocycles. The fourth-order valence-corrected chi connectivity index (χ4v) is 6.95. The minimum Gasteiger partial charge on any atom is -0.377 e. The third-order valence-corrected chi connectivity index (χ3v) is 9.14. The Balaban J connectivity index is 1.29. The Kier molecular flexibility index (Phi) is 7.19. The number of morpholine rings is 1. The molecule has 1 aliphatic carbocycles. The predicted octanol–water partition coefficient (Wildman–Crippen LogP) is 4.41. The molecule has 1 amide bonds. The number of fused-ring (bicyclic) bond motifs is 1. The number of sulfonamides is 1. The van der Waals surface area contributed by atoms with Crippen molar-refractivity contribution < 1.29 is 17.9 Å². The van der Waals surface area contributed by atoms with Crippen molar-refractivity contribution in [2.24, 2.45) is 5.92 Å². The Hall–Kier alpha value is -2.68. The van der Waals surface area contributed by atoms with Gasteiger partial charge in [0.05, 0.1) is 24.2 Å². The fourth-order valence-electron chi connectivity index (χ4n) is 5.62. The van der Waals surface area contributed by atoms with Gasteiger partial charge in [-0.25, -0.2) is 13.1 Å². The molecule has 1 saturated carbocycles. The van der Waals surface area contributed by atoms with E-state index >= 15 is 0 Å². The minimum absolute atomic E-state index is 0.0353. The average molecular weight is 510 g/mol. The predicted molar refractivity (Wildman–Crippen MR) is 141 cm³/mol. The Labute approximate surface area is 213 Å². The number of aromatic nitrogens is 1. The van der Waals surface area contributed by atoms with Crippen molar-refractivity contribution in [2.45, 2.75) is 63.1 Å². The number of aryl methyl sites for hydroxylation is 1. The van der Waals surface area contributed by atoms with Crippen LogP contribution in [0.3, 0.4) is 0 Å². The molecule has 1 N–H and O–H groups in total. The zero-order valence-electron chi connectivity index (χ0n) is 21.0. The van der Waals surface area contributed by atoms with Crippen molar-refractivity contribution in [3.8, 4) is 11.3 Å². The summed E-state index contributed by atoms with van der Waals surface area (Å²) in [5.74, 6) is 0.152. The van der Waals surface area contributed by atoms with Gasteiger partial charge in [-0.2, -0.15) is 0 Å². The van der Waals surface area contributed by atoms with Crippen LogP contribution < -0.4 is 4.72 Å². The van der Waals surface area contributed by atoms with Crippen LogP contribution in [0, 0.1) is 5.92 Å². The topological polar surface area (TPSA) is 80.6 Å². The number of ether oxygens (including phenoxy) is 1. The van der Waals surface area contributed by atoms with Gasteiger partial charge in [-0.3, -0.25) is 4.79 Å². The normalized spacial score (nSPS) is 23.2. The molecule has 1 aliphatic heterocycles. The van der Waals surface area contributed by atoms with Crippen LogP contribution in [0.25, 0.3) is 22.2 Å². The summed E-state index contributed by atoms with van der Waals surface area (Å²) >= 11 is 0. The molecular formula is C28H35N3O4S. The highest BCUT2D eigenvalue weighted by Gasteiger charge is 2.34. The van der Waals surface area contributed by atoms with Crippen molar-refractivity contribution in [3.05, 3.63) is 54.6 Å². The standard InChI is InChI=1S/C28H35N3O4S/c1-3-30-26(21-7-5-4-6-8-21)17-23-11-14-25(18-27(23)30)36(33,34)29-24-12-9-22(10-13-24)28(32)31-15-16-35-19-20(31)2/h4-8,11,14,17-18,20,22,24,29H,3,9-10,12-13,15-16,19H2,1-2H3/t20-,22?,24?/m0/s1. The highest BCUT2D eigenvalue weighted by Crippen LogP contribution is 2.31. The van der Waals surface area contributed by atoms with Crippen LogP contribution in [0.2, 0.25) is 0 Å². The van der Waals surface area contributed by atoms with Crippen molar-refractivity contribution in [1.29, 1.82) is 0 Å². The SMILES string of the molecule is CCn1c(-c2ccccc2)cc2ccc(S(=O)(=O)NC3CCC(C(=O)N4CCOC[C@@H]4C)CC3)cc21. The Bertz CT molecular complexity index is 1330. The number of hydrogen-bond acceptors (Lipinski definition) is 4. The van der Waals surface area contributed by atoms with E-state index < -0.39 is 10.0 Å². The van der Waals surface area contributed by atoms with E-state index in [-0.39, 0.29) is 28.8 Å². The zero-order valence-corrected chi connectivity index (χ0v) is 21.8. The quantitative estimate of drug-likeness (QED) is 0.534. The molecule has 5 rings (SSSR count). The minimum atomic E-state index is -3.67. The monoisotopic (exact) mass is 509 g/mol. The molecule has 1 saturated heterocycles. The maximum absolute atomic E-state index is 13.3. The summed E-state index contributed by atoms with van der Waals surface area (Å²) < 4.78 is 37.2. The zero-order chi connectivity index (χ0) is 25.3. The largest absolute Gasteiger partial charge is 0.377 e. The molecule has 3 aromatic rings. The number of nitrogens with zero attached hydrogens (tertiary/aromatic N) is 2. The summed E-state index contributed by atoms with van der Waals surface area (Å²) in [6, 6.07) is 17.6. The van der Waals surface area contributed by atoms with Crippen molar-refractivity contribution in [2.75, 3.05) is 19.8 Å². The molecule has 7 nitrogen and oxygen atoms in total. The summed E-state index contributed by atoms with van der Waals surface area (Å²) in [5.41, 5.74) is 3.09. The van der Waals surface area contributed by atoms with Gasteiger partial charge in [0.2, 0.25) is 15.9 Å². The van der Waals surface area contributed by atoms with Crippen LogP contribution in [0.1, 0.15) is 39.5 Å². The van der Waals surface area contributed by atoms with Crippen LogP contribution in [0.4, 0.5) is 0 Å². The average Bonchev–Trinajstić information content (AvgIpc) is 3.27. The molecule has 192 valence electrons. The molecule has 0 radical (unpaired) electrons. The number of rotatable bonds is 6. The lowest BCUT2D eigenvalue weighted by Crippen LogP contribution is -2.50. The smallest absolute Gasteiger partial charge is 0.240 e. The van der Waals surface area contributed by atoms with E-state index in [0.717, 1.165) is 28.7 Å². The van der Waals surface area contributed by atoms with Gasteiger partial charge in [0.25, 0.3) is 0 Å². The van der Waals surface area contributed by atoms with Crippen LogP contribution in [-0.2, 0) is 26.1 Å². The lowest BCUT2D eigenvalue weighted by Gasteiger charge is -2.37. The molecule has 2 aliphatic rings. The van der Waals surface area contributed by atoms with Crippen LogP contribution in [-0.4, -0.2) is 55.6 Å². The highest BCUT2D eigenvalue weighted by molar-refractivity contribution is 7.89. The number of carbonyl (C=O) groups is 1. The van der Waals surface area contributed by atoms with Gasteiger partial charge in [-0.1, -0.05) is 36.4 Å². The van der Waals surface area contributed by atoms with E-state index in [9.17, 15) is 13.2 Å². The first-order chi connectivity index (χ1) is 17.4. The summed E-state index contributed by atoms with van der Waals surface area (Å²) in [5, 5.41) is 1.02. The molecule has 1 aromatic heterocycles. The molecule has 2 fully saturated rings. The first kappa shape index (κ1) is 25.0. The van der Waals surface area contributed by atoms with Gasteiger partial charge in [0, 0.05) is 41.6 Å². The van der Waals surface area contributed by atoms with Crippen LogP contribution >= 0.6 is 0 Å². The molecule has 8 heteroatoms. The first-order valence-corrected chi connectivity index (χ1v) is 14.4. The van der Waals surface area contributed by atoms with Gasteiger partial charge >= 0.3 is 0 Å². The second-order valence-electron chi connectivity index (χ2n) is 9.99. The number of benzene rings is 2. The summed E-state index contributed by atoms with van der Waals surface area (Å²) in [7, 11) is -3.67. The molecule has 0 spiro atoms. The van der Waals surface area contributed by atoms with E-state index in [2.05, 4.69) is 34.4 Å². The molecule has 0 bridgehead atoms. The lowest BCUT2D eigenvalue weighted by molar-refractivity contribution is -0.144. The third-order valence-electron chi connectivity index (χ3n) is 7.62. The number of nitrogens with one attached hydrogen (secondary N) is 1. The summed E-state index contributed by atoms with van der Waals surface area (Å²) in [4.78, 5) is 15.2. The Morgan fingerprint density at radius 3 is 2.50 bits per heavy atom. The van der Waals surface area contributed by atoms with Crippen LogP contribution in [0.5, 0.6) is 0 Å². The van der Waals surface area contributed by atoms with E-state index in [1.54, 1.807) is 12.1 Å². The van der Waals surface area contributed by atoms with Gasteiger partial charge in [-0.05, 0) is 63.3 Å². The maximum atomic E-state index is 13.3. The summed E-state index contributed by atoms with van der Waals surface area (Å²) in [6.45, 7) is 6.64. The van der Waals surface area contributed by atoms with Gasteiger partial charge in [0.15, 0.2) is 0 Å². The van der Waals surface area contributed by atoms with E-state index in [1.807, 2.05) is 36.1 Å². The highest BCUT2D eigenvalue weighted by atomic mass is 32.2. The van der Waals surface area contributed by atoms with Crippen molar-refractivity contribution in [1.82, 2.24) is 14.2 Å². The van der Waals surface area contributed by atoms with Crippen molar-refractivity contribution in [3.63, 3.8) is 0 Å². The maximum Gasteiger partial charge on any atom is 0.240 e.